The highest BCUT2D eigenvalue weighted by Crippen LogP contribution is 1.95. The minimum atomic E-state index is -4.72. The molecule has 0 amide bonds. The maximum Gasteiger partial charge on any atom is 0.397 e. The van der Waals surface area contributed by atoms with Gasteiger partial charge >= 0.3 is 20.8 Å². The van der Waals surface area contributed by atoms with E-state index in [2.05, 4.69) is 13.7 Å². The summed E-state index contributed by atoms with van der Waals surface area (Å²) >= 11 is 0. The van der Waals surface area contributed by atoms with Crippen LogP contribution in [0, 0.1) is 0 Å². The van der Waals surface area contributed by atoms with Crippen molar-refractivity contribution >= 4 is 40.5 Å². The van der Waals surface area contributed by atoms with Gasteiger partial charge in [-0.05, 0) is 0 Å². The molecule has 0 saturated carbocycles. The van der Waals surface area contributed by atoms with E-state index in [1.807, 2.05) is 0 Å². The molecule has 0 aliphatic carbocycles. The van der Waals surface area contributed by atoms with Gasteiger partial charge in [-0.25, -0.2) is 25.2 Å². The lowest BCUT2D eigenvalue weighted by Gasteiger charge is -2.07. The van der Waals surface area contributed by atoms with Gasteiger partial charge in [-0.3, -0.25) is 9.11 Å². The van der Waals surface area contributed by atoms with Gasteiger partial charge in [0.2, 0.25) is 0 Å². The topological polar surface area (TPSA) is 208 Å². The lowest BCUT2D eigenvalue weighted by molar-refractivity contribution is 0.282. The van der Waals surface area contributed by atoms with E-state index in [-0.39, 0.29) is 13.1 Å². The first-order chi connectivity index (χ1) is 11.1. The molecule has 0 unspecified atom stereocenters. The average molecular weight is 450 g/mol. The van der Waals surface area contributed by atoms with Gasteiger partial charge in [-0.2, -0.15) is 16.8 Å². The molecule has 0 spiro atoms. The average Bonchev–Trinajstić information content (AvgIpc) is 2.34. The Kier molecular flexibility index (Phi) is 9.91. The molecule has 0 aromatic heterocycles. The van der Waals surface area contributed by atoms with Crippen LogP contribution in [0.1, 0.15) is 0 Å². The molecule has 0 aliphatic heterocycles. The van der Waals surface area contributed by atoms with Crippen LogP contribution in [0.2, 0.25) is 0 Å². The quantitative estimate of drug-likeness (QED) is 0.179. The third kappa shape index (κ3) is 16.8. The van der Waals surface area contributed by atoms with Crippen molar-refractivity contribution < 1.29 is 51.1 Å². The van der Waals surface area contributed by atoms with Crippen molar-refractivity contribution in [1.82, 2.24) is 5.32 Å². The summed E-state index contributed by atoms with van der Waals surface area (Å²) in [5, 5.41) is 2.54. The fraction of sp³-hybridized carbons (Fsp3) is 1.00. The van der Waals surface area contributed by atoms with Crippen LogP contribution < -0.4 is 5.32 Å². The molecular weight excluding hydrogens is 430 g/mol. The Bertz CT molecular complexity index is 740. The van der Waals surface area contributed by atoms with Crippen molar-refractivity contribution in [2.24, 2.45) is 0 Å². The smallest absolute Gasteiger partial charge is 0.315 e. The first-order valence-electron chi connectivity index (χ1n) is 6.47. The molecule has 3 N–H and O–H groups in total. The second-order valence-corrected chi connectivity index (χ2v) is 11.3. The summed E-state index contributed by atoms with van der Waals surface area (Å²) in [5.74, 6) is -2.15. The van der Waals surface area contributed by atoms with Crippen LogP contribution in [0.25, 0.3) is 0 Å². The standard InChI is InChI=1S/C8H19NO12S4/c10-22(11,7-3-20-24(14,15)16)5-1-9-2-6-23(12,13)8-4-21-25(17,18)19/h9H,1-8H2,(H,14,15,16)(H,17,18,19). The second-order valence-electron chi connectivity index (χ2n) is 4.55. The van der Waals surface area contributed by atoms with Gasteiger partial charge in [-0.1, -0.05) is 0 Å². The Morgan fingerprint density at radius 2 is 0.920 bits per heavy atom. The van der Waals surface area contributed by atoms with Crippen LogP contribution >= 0.6 is 0 Å². The zero-order valence-corrected chi connectivity index (χ0v) is 16.0. The summed E-state index contributed by atoms with van der Waals surface area (Å²) in [4.78, 5) is 0. The van der Waals surface area contributed by atoms with E-state index in [4.69, 9.17) is 9.11 Å². The molecule has 0 radical (unpaired) electrons. The van der Waals surface area contributed by atoms with E-state index in [9.17, 15) is 33.7 Å². The highest BCUT2D eigenvalue weighted by atomic mass is 32.3. The van der Waals surface area contributed by atoms with E-state index in [0.29, 0.717) is 0 Å². The van der Waals surface area contributed by atoms with Gasteiger partial charge in [0.15, 0.2) is 19.7 Å². The predicted molar refractivity (Wildman–Crippen MR) is 85.2 cm³/mol. The molecule has 0 bridgehead atoms. The summed E-state index contributed by atoms with van der Waals surface area (Å²) in [5.41, 5.74) is 0. The van der Waals surface area contributed by atoms with Gasteiger partial charge in [0.1, 0.15) is 0 Å². The maximum atomic E-state index is 11.5. The first kappa shape index (κ1) is 24.6. The van der Waals surface area contributed by atoms with E-state index in [0.717, 1.165) is 0 Å². The molecule has 17 heteroatoms. The molecular formula is C8H19NO12S4. The highest BCUT2D eigenvalue weighted by molar-refractivity contribution is 7.91. The Balaban J connectivity index is 4.00. The molecule has 0 fully saturated rings. The third-order valence-corrected chi connectivity index (χ3v) is 6.59. The second kappa shape index (κ2) is 10.1. The van der Waals surface area contributed by atoms with Crippen molar-refractivity contribution in [3.05, 3.63) is 0 Å². The van der Waals surface area contributed by atoms with Crippen molar-refractivity contribution in [3.63, 3.8) is 0 Å². The first-order valence-corrected chi connectivity index (χ1v) is 12.8. The van der Waals surface area contributed by atoms with Crippen molar-refractivity contribution in [2.45, 2.75) is 0 Å². The number of hydrogen-bond donors (Lipinski definition) is 3. The van der Waals surface area contributed by atoms with E-state index < -0.39 is 76.7 Å². The zero-order valence-electron chi connectivity index (χ0n) is 12.8. The van der Waals surface area contributed by atoms with Gasteiger partial charge < -0.3 is 5.32 Å². The van der Waals surface area contributed by atoms with Crippen molar-refractivity contribution in [2.75, 3.05) is 49.3 Å². The van der Waals surface area contributed by atoms with Crippen LogP contribution in [0.3, 0.4) is 0 Å². The number of nitrogens with one attached hydrogen (secondary N) is 1. The van der Waals surface area contributed by atoms with Gasteiger partial charge in [0, 0.05) is 13.1 Å². The summed E-state index contributed by atoms with van der Waals surface area (Å²) in [6, 6.07) is 0. The third-order valence-electron chi connectivity index (χ3n) is 2.43. The summed E-state index contributed by atoms with van der Waals surface area (Å²) in [6.07, 6.45) is 0. The summed E-state index contributed by atoms with van der Waals surface area (Å²) in [6.45, 7) is -1.73. The zero-order chi connectivity index (χ0) is 19.8. The molecule has 0 atom stereocenters. The van der Waals surface area contributed by atoms with E-state index >= 15 is 0 Å². The van der Waals surface area contributed by atoms with Crippen LogP contribution in [-0.4, -0.2) is 92.1 Å². The molecule has 0 rings (SSSR count). The Hall–Kier alpha value is -0.400. The number of sulfone groups is 2. The Morgan fingerprint density at radius 3 is 1.20 bits per heavy atom. The van der Waals surface area contributed by atoms with Crippen LogP contribution in [-0.2, 0) is 48.8 Å². The minimum absolute atomic E-state index is 0.120. The maximum absolute atomic E-state index is 11.5. The molecule has 13 nitrogen and oxygen atoms in total. The van der Waals surface area contributed by atoms with Crippen LogP contribution in [0.15, 0.2) is 0 Å². The fourth-order valence-electron chi connectivity index (χ4n) is 1.32. The number of rotatable bonds is 14. The molecule has 0 aromatic rings. The normalized spacial score (nSPS) is 13.8. The van der Waals surface area contributed by atoms with Gasteiger partial charge in [-0.15, -0.1) is 0 Å². The van der Waals surface area contributed by atoms with Crippen molar-refractivity contribution in [1.29, 1.82) is 0 Å². The SMILES string of the molecule is O=S(=O)(CCNCCS(=O)(=O)CCOS(=O)(=O)O)CCOS(=O)(=O)O. The van der Waals surface area contributed by atoms with Gasteiger partial charge in [0.05, 0.1) is 36.2 Å². The Morgan fingerprint density at radius 1 is 0.600 bits per heavy atom. The predicted octanol–water partition coefficient (Wildman–Crippen LogP) is -2.96. The molecule has 0 saturated heterocycles. The summed E-state index contributed by atoms with van der Waals surface area (Å²) < 4.78 is 111. The van der Waals surface area contributed by atoms with E-state index in [1.165, 1.54) is 0 Å². The number of hydrogen-bond acceptors (Lipinski definition) is 11. The highest BCUT2D eigenvalue weighted by Gasteiger charge is 2.15. The molecule has 152 valence electrons. The summed E-state index contributed by atoms with van der Waals surface area (Å²) in [7, 11) is -16.8. The van der Waals surface area contributed by atoms with Crippen LogP contribution in [0.4, 0.5) is 0 Å². The molecule has 0 aliphatic rings. The molecule has 0 aromatic carbocycles. The van der Waals surface area contributed by atoms with E-state index in [1.54, 1.807) is 0 Å². The lowest BCUT2D eigenvalue weighted by atomic mass is 10.7. The van der Waals surface area contributed by atoms with Crippen molar-refractivity contribution in [3.8, 4) is 0 Å². The molecule has 0 heterocycles. The fourth-order valence-corrected chi connectivity index (χ4v) is 4.11. The monoisotopic (exact) mass is 449 g/mol. The Labute approximate surface area is 146 Å². The van der Waals surface area contributed by atoms with Crippen LogP contribution in [0.5, 0.6) is 0 Å². The largest absolute Gasteiger partial charge is 0.397 e. The minimum Gasteiger partial charge on any atom is -0.315 e. The molecule has 25 heavy (non-hydrogen) atoms. The van der Waals surface area contributed by atoms with Gasteiger partial charge in [0.25, 0.3) is 0 Å². The lowest BCUT2D eigenvalue weighted by Crippen LogP contribution is -2.30.